The molecule has 0 aromatic heterocycles. The number of amides is 1. The third-order valence-corrected chi connectivity index (χ3v) is 2.98. The van der Waals surface area contributed by atoms with Crippen molar-refractivity contribution < 1.29 is 18.5 Å². The summed E-state index contributed by atoms with van der Waals surface area (Å²) in [5.41, 5.74) is -1.68. The zero-order chi connectivity index (χ0) is 14.6. The van der Waals surface area contributed by atoms with Crippen LogP contribution in [0.5, 0.6) is 0 Å². The molecule has 1 rings (SSSR count). The molecule has 0 heterocycles. The van der Waals surface area contributed by atoms with Gasteiger partial charge in [0.1, 0.15) is 5.82 Å². The molecule has 0 saturated carbocycles. The van der Waals surface area contributed by atoms with Crippen molar-refractivity contribution in [3.05, 3.63) is 39.4 Å². The monoisotopic (exact) mass is 336 g/mol. The van der Waals surface area contributed by atoms with E-state index in [4.69, 9.17) is 0 Å². The molecule has 0 saturated heterocycles. The zero-order valence-electron chi connectivity index (χ0n) is 10.0. The van der Waals surface area contributed by atoms with Crippen molar-refractivity contribution in [1.82, 2.24) is 4.90 Å². The average molecular weight is 337 g/mol. The summed E-state index contributed by atoms with van der Waals surface area (Å²) in [4.78, 5) is 22.6. The fourth-order valence-electron chi connectivity index (χ4n) is 1.47. The summed E-state index contributed by atoms with van der Waals surface area (Å²) >= 11 is 3.18. The van der Waals surface area contributed by atoms with Gasteiger partial charge in [-0.2, -0.15) is 4.39 Å². The molecule has 0 fully saturated rings. The highest BCUT2D eigenvalue weighted by molar-refractivity contribution is 9.09. The Morgan fingerprint density at radius 1 is 1.47 bits per heavy atom. The number of carbonyl (C=O) groups is 1. The van der Waals surface area contributed by atoms with Crippen molar-refractivity contribution in [2.75, 3.05) is 18.9 Å². The molecule has 0 atom stereocenters. The molecule has 8 heteroatoms. The van der Waals surface area contributed by atoms with E-state index in [0.29, 0.717) is 30.4 Å². The van der Waals surface area contributed by atoms with Gasteiger partial charge in [0, 0.05) is 18.9 Å². The van der Waals surface area contributed by atoms with Gasteiger partial charge in [0.25, 0.3) is 5.91 Å². The standard InChI is InChI=1S/C11H11BrF2N2O3/c1-15(4-2-3-12)11(17)8-5-7(13)6-9(10(8)14)16(18)19/h5-6H,2-4H2,1H3. The minimum Gasteiger partial charge on any atom is -0.342 e. The highest BCUT2D eigenvalue weighted by atomic mass is 79.9. The number of alkyl halides is 1. The summed E-state index contributed by atoms with van der Waals surface area (Å²) in [6.45, 7) is 0.327. The molecule has 19 heavy (non-hydrogen) atoms. The Morgan fingerprint density at radius 3 is 2.63 bits per heavy atom. The SMILES string of the molecule is CN(CCCBr)C(=O)c1cc(F)cc([N+](=O)[O-])c1F. The Hall–Kier alpha value is -1.57. The van der Waals surface area contributed by atoms with E-state index in [0.717, 1.165) is 0 Å². The predicted octanol–water partition coefficient (Wildman–Crippen LogP) is 2.73. The largest absolute Gasteiger partial charge is 0.342 e. The lowest BCUT2D eigenvalue weighted by Crippen LogP contribution is -2.29. The van der Waals surface area contributed by atoms with E-state index in [-0.39, 0.29) is 0 Å². The minimum absolute atomic E-state index is 0.327. The second-order valence-electron chi connectivity index (χ2n) is 3.81. The van der Waals surface area contributed by atoms with Crippen LogP contribution in [0, 0.1) is 21.7 Å². The molecular formula is C11H11BrF2N2O3. The maximum atomic E-state index is 13.8. The Bertz CT molecular complexity index is 511. The number of carbonyl (C=O) groups excluding carboxylic acids is 1. The number of rotatable bonds is 5. The fraction of sp³-hybridized carbons (Fsp3) is 0.364. The van der Waals surface area contributed by atoms with Crippen molar-refractivity contribution in [1.29, 1.82) is 0 Å². The van der Waals surface area contributed by atoms with Crippen LogP contribution >= 0.6 is 15.9 Å². The average Bonchev–Trinajstić information content (AvgIpc) is 2.37. The molecule has 0 aliphatic carbocycles. The highest BCUT2D eigenvalue weighted by Gasteiger charge is 2.25. The molecule has 0 radical (unpaired) electrons. The molecule has 104 valence electrons. The van der Waals surface area contributed by atoms with Crippen LogP contribution in [0.3, 0.4) is 0 Å². The second kappa shape index (κ2) is 6.55. The molecule has 1 amide bonds. The lowest BCUT2D eigenvalue weighted by atomic mass is 10.1. The number of nitrogens with zero attached hydrogens (tertiary/aromatic N) is 2. The summed E-state index contributed by atoms with van der Waals surface area (Å²) in [5, 5.41) is 11.2. The fourth-order valence-corrected chi connectivity index (χ4v) is 1.72. The lowest BCUT2D eigenvalue weighted by Gasteiger charge is -2.16. The van der Waals surface area contributed by atoms with E-state index < -0.39 is 33.7 Å². The van der Waals surface area contributed by atoms with Crippen LogP contribution in [0.2, 0.25) is 0 Å². The van der Waals surface area contributed by atoms with Gasteiger partial charge in [-0.25, -0.2) is 4.39 Å². The predicted molar refractivity (Wildman–Crippen MR) is 68.4 cm³/mol. The molecule has 0 bridgehead atoms. The van der Waals surface area contributed by atoms with E-state index in [2.05, 4.69) is 15.9 Å². The molecule has 0 aliphatic heterocycles. The van der Waals surface area contributed by atoms with Crippen LogP contribution in [-0.4, -0.2) is 34.7 Å². The van der Waals surface area contributed by atoms with Gasteiger partial charge in [-0.05, 0) is 12.5 Å². The first-order valence-electron chi connectivity index (χ1n) is 5.33. The smallest absolute Gasteiger partial charge is 0.308 e. The quantitative estimate of drug-likeness (QED) is 0.471. The van der Waals surface area contributed by atoms with E-state index in [1.54, 1.807) is 0 Å². The van der Waals surface area contributed by atoms with Crippen LogP contribution in [0.1, 0.15) is 16.8 Å². The van der Waals surface area contributed by atoms with E-state index in [9.17, 15) is 23.7 Å². The molecular weight excluding hydrogens is 326 g/mol. The Morgan fingerprint density at radius 2 is 2.11 bits per heavy atom. The van der Waals surface area contributed by atoms with Gasteiger partial charge in [0.05, 0.1) is 16.6 Å². The summed E-state index contributed by atoms with van der Waals surface area (Å²) < 4.78 is 27.0. The van der Waals surface area contributed by atoms with Crippen molar-refractivity contribution >= 4 is 27.5 Å². The number of benzene rings is 1. The van der Waals surface area contributed by atoms with Gasteiger partial charge >= 0.3 is 5.69 Å². The number of nitro groups is 1. The van der Waals surface area contributed by atoms with Crippen molar-refractivity contribution in [2.24, 2.45) is 0 Å². The number of hydrogen-bond donors (Lipinski definition) is 0. The van der Waals surface area contributed by atoms with Gasteiger partial charge in [0.15, 0.2) is 0 Å². The first-order valence-corrected chi connectivity index (χ1v) is 6.45. The summed E-state index contributed by atoms with van der Waals surface area (Å²) in [7, 11) is 1.42. The molecule has 0 spiro atoms. The molecule has 5 nitrogen and oxygen atoms in total. The van der Waals surface area contributed by atoms with Crippen LogP contribution in [-0.2, 0) is 0 Å². The van der Waals surface area contributed by atoms with E-state index in [1.165, 1.54) is 11.9 Å². The maximum Gasteiger partial charge on any atom is 0.308 e. The van der Waals surface area contributed by atoms with Gasteiger partial charge in [-0.3, -0.25) is 14.9 Å². The summed E-state index contributed by atoms with van der Waals surface area (Å²) in [5.74, 6) is -3.13. The highest BCUT2D eigenvalue weighted by Crippen LogP contribution is 2.23. The zero-order valence-corrected chi connectivity index (χ0v) is 11.6. The third kappa shape index (κ3) is 3.69. The Kier molecular flexibility index (Phi) is 5.34. The maximum absolute atomic E-state index is 13.8. The lowest BCUT2D eigenvalue weighted by molar-refractivity contribution is -0.387. The molecule has 0 unspecified atom stereocenters. The summed E-state index contributed by atoms with van der Waals surface area (Å²) in [6.07, 6.45) is 0.626. The van der Waals surface area contributed by atoms with E-state index >= 15 is 0 Å². The first kappa shape index (κ1) is 15.5. The number of halogens is 3. The van der Waals surface area contributed by atoms with Gasteiger partial charge in [-0.1, -0.05) is 15.9 Å². The van der Waals surface area contributed by atoms with Crippen LogP contribution in [0.25, 0.3) is 0 Å². The Labute approximate surface area is 116 Å². The van der Waals surface area contributed by atoms with Crippen LogP contribution < -0.4 is 0 Å². The topological polar surface area (TPSA) is 63.5 Å². The van der Waals surface area contributed by atoms with Gasteiger partial charge in [0.2, 0.25) is 5.82 Å². The summed E-state index contributed by atoms with van der Waals surface area (Å²) in [6, 6.07) is 1.11. The van der Waals surface area contributed by atoms with Crippen molar-refractivity contribution in [2.45, 2.75) is 6.42 Å². The van der Waals surface area contributed by atoms with E-state index in [1.807, 2.05) is 0 Å². The molecule has 0 aliphatic rings. The second-order valence-corrected chi connectivity index (χ2v) is 4.61. The molecule has 1 aromatic carbocycles. The number of hydrogen-bond acceptors (Lipinski definition) is 3. The number of nitro benzene ring substituents is 1. The third-order valence-electron chi connectivity index (χ3n) is 2.42. The van der Waals surface area contributed by atoms with Gasteiger partial charge in [-0.15, -0.1) is 0 Å². The molecule has 1 aromatic rings. The first-order chi connectivity index (χ1) is 8.88. The van der Waals surface area contributed by atoms with Crippen molar-refractivity contribution in [3.8, 4) is 0 Å². The van der Waals surface area contributed by atoms with Crippen LogP contribution in [0.4, 0.5) is 14.5 Å². The van der Waals surface area contributed by atoms with Crippen molar-refractivity contribution in [3.63, 3.8) is 0 Å². The van der Waals surface area contributed by atoms with Crippen LogP contribution in [0.15, 0.2) is 12.1 Å². The molecule has 0 N–H and O–H groups in total. The minimum atomic E-state index is -1.32. The normalized spacial score (nSPS) is 10.3. The Balaban J connectivity index is 3.13. The van der Waals surface area contributed by atoms with Gasteiger partial charge < -0.3 is 4.90 Å².